The first kappa shape index (κ1) is 15.3. The van der Waals surface area contributed by atoms with Crippen molar-refractivity contribution in [2.24, 2.45) is 0 Å². The third-order valence-corrected chi connectivity index (χ3v) is 4.69. The van der Waals surface area contributed by atoms with E-state index < -0.39 is 23.6 Å². The lowest BCUT2D eigenvalue weighted by molar-refractivity contribution is -0.138. The average Bonchev–Trinajstić information content (AvgIpc) is 2.38. The van der Waals surface area contributed by atoms with Gasteiger partial charge in [0.1, 0.15) is 11.6 Å². The summed E-state index contributed by atoms with van der Waals surface area (Å²) in [6.07, 6.45) is -0.00654. The Kier molecular flexibility index (Phi) is 4.99. The van der Waals surface area contributed by atoms with Crippen LogP contribution in [0.25, 0.3) is 0 Å². The molecule has 2 atom stereocenters. The summed E-state index contributed by atoms with van der Waals surface area (Å²) in [5.41, 5.74) is 0.0230. The molecular formula is C14H17F2NO2S. The van der Waals surface area contributed by atoms with E-state index >= 15 is 0 Å². The van der Waals surface area contributed by atoms with Crippen LogP contribution in [0.15, 0.2) is 18.2 Å². The van der Waals surface area contributed by atoms with E-state index in [9.17, 15) is 13.6 Å². The van der Waals surface area contributed by atoms with E-state index in [1.54, 1.807) is 18.7 Å². The van der Waals surface area contributed by atoms with E-state index in [2.05, 4.69) is 0 Å². The molecular weight excluding hydrogens is 284 g/mol. The van der Waals surface area contributed by atoms with Gasteiger partial charge in [0.05, 0.1) is 6.42 Å². The Morgan fingerprint density at radius 2 is 2.15 bits per heavy atom. The summed E-state index contributed by atoms with van der Waals surface area (Å²) in [4.78, 5) is 12.8. The molecule has 1 aliphatic heterocycles. The molecule has 0 amide bonds. The fourth-order valence-electron chi connectivity index (χ4n) is 2.63. The van der Waals surface area contributed by atoms with Gasteiger partial charge in [-0.1, -0.05) is 6.07 Å². The molecule has 20 heavy (non-hydrogen) atoms. The minimum Gasteiger partial charge on any atom is -0.481 e. The lowest BCUT2D eigenvalue weighted by Gasteiger charge is -2.39. The summed E-state index contributed by atoms with van der Waals surface area (Å²) >= 11 is 1.68. The summed E-state index contributed by atoms with van der Waals surface area (Å²) in [7, 11) is 0. The fraction of sp³-hybridized carbons (Fsp3) is 0.500. The Morgan fingerprint density at radius 3 is 2.75 bits per heavy atom. The fourth-order valence-corrected chi connectivity index (χ4v) is 3.72. The summed E-state index contributed by atoms with van der Waals surface area (Å²) in [5, 5.41) is 8.96. The van der Waals surface area contributed by atoms with Gasteiger partial charge in [-0.3, -0.25) is 9.69 Å². The van der Waals surface area contributed by atoms with Gasteiger partial charge in [-0.05, 0) is 19.1 Å². The van der Waals surface area contributed by atoms with Gasteiger partial charge in [0, 0.05) is 35.7 Å². The normalized spacial score (nSPS) is 21.6. The quantitative estimate of drug-likeness (QED) is 0.928. The molecule has 0 radical (unpaired) electrons. The summed E-state index contributed by atoms with van der Waals surface area (Å²) < 4.78 is 27.7. The van der Waals surface area contributed by atoms with Crippen molar-refractivity contribution in [3.8, 4) is 0 Å². The SMILES string of the molecule is CC(c1c(F)cccc1F)N1CCSCC1CC(=O)O. The highest BCUT2D eigenvalue weighted by molar-refractivity contribution is 7.99. The number of halogens is 2. The molecule has 1 heterocycles. The van der Waals surface area contributed by atoms with E-state index in [0.717, 1.165) is 5.75 Å². The number of hydrogen-bond donors (Lipinski definition) is 1. The van der Waals surface area contributed by atoms with Gasteiger partial charge in [-0.15, -0.1) is 0 Å². The Hall–Kier alpha value is -1.14. The molecule has 1 fully saturated rings. The number of aliphatic carboxylic acids is 1. The predicted octanol–water partition coefficient (Wildman–Crippen LogP) is 2.92. The van der Waals surface area contributed by atoms with E-state index in [0.29, 0.717) is 12.3 Å². The lowest BCUT2D eigenvalue weighted by atomic mass is 10.0. The van der Waals surface area contributed by atoms with E-state index in [4.69, 9.17) is 5.11 Å². The van der Waals surface area contributed by atoms with Crippen LogP contribution in [-0.4, -0.2) is 40.1 Å². The second-order valence-electron chi connectivity index (χ2n) is 4.88. The zero-order valence-corrected chi connectivity index (χ0v) is 12.0. The molecule has 2 unspecified atom stereocenters. The Balaban J connectivity index is 2.25. The van der Waals surface area contributed by atoms with Crippen LogP contribution in [0.1, 0.15) is 24.9 Å². The van der Waals surface area contributed by atoms with Crippen molar-refractivity contribution in [3.63, 3.8) is 0 Å². The van der Waals surface area contributed by atoms with Crippen molar-refractivity contribution in [2.45, 2.75) is 25.4 Å². The van der Waals surface area contributed by atoms with Crippen molar-refractivity contribution in [1.29, 1.82) is 0 Å². The van der Waals surface area contributed by atoms with E-state index in [1.165, 1.54) is 18.2 Å². The van der Waals surface area contributed by atoms with Crippen molar-refractivity contribution >= 4 is 17.7 Å². The molecule has 0 bridgehead atoms. The van der Waals surface area contributed by atoms with Crippen molar-refractivity contribution in [2.75, 3.05) is 18.1 Å². The maximum atomic E-state index is 13.9. The first-order chi connectivity index (χ1) is 9.50. The Bertz CT molecular complexity index is 478. The van der Waals surface area contributed by atoms with Crippen molar-refractivity contribution in [3.05, 3.63) is 35.4 Å². The van der Waals surface area contributed by atoms with Gasteiger partial charge < -0.3 is 5.11 Å². The number of carbonyl (C=O) groups is 1. The second-order valence-corrected chi connectivity index (χ2v) is 6.03. The maximum Gasteiger partial charge on any atom is 0.304 e. The van der Waals surface area contributed by atoms with Crippen LogP contribution in [0, 0.1) is 11.6 Å². The summed E-state index contributed by atoms with van der Waals surface area (Å²) in [6.45, 7) is 2.36. The molecule has 0 aliphatic carbocycles. The number of rotatable bonds is 4. The molecule has 3 nitrogen and oxygen atoms in total. The minimum atomic E-state index is -0.885. The Labute approximate surface area is 121 Å². The van der Waals surface area contributed by atoms with Crippen LogP contribution in [0.3, 0.4) is 0 Å². The zero-order chi connectivity index (χ0) is 14.7. The maximum absolute atomic E-state index is 13.9. The van der Waals surface area contributed by atoms with Gasteiger partial charge in [0.25, 0.3) is 0 Å². The van der Waals surface area contributed by atoms with Crippen LogP contribution >= 0.6 is 11.8 Å². The molecule has 6 heteroatoms. The third kappa shape index (κ3) is 3.30. The third-order valence-electron chi connectivity index (χ3n) is 3.60. The van der Waals surface area contributed by atoms with Crippen LogP contribution in [0.2, 0.25) is 0 Å². The van der Waals surface area contributed by atoms with Crippen LogP contribution < -0.4 is 0 Å². The largest absolute Gasteiger partial charge is 0.481 e. The van der Waals surface area contributed by atoms with Crippen molar-refractivity contribution in [1.82, 2.24) is 4.90 Å². The number of hydrogen-bond acceptors (Lipinski definition) is 3. The first-order valence-corrected chi connectivity index (χ1v) is 7.65. The van der Waals surface area contributed by atoms with Crippen LogP contribution in [0.4, 0.5) is 8.78 Å². The molecule has 1 aliphatic rings. The average molecular weight is 301 g/mol. The molecule has 0 spiro atoms. The van der Waals surface area contributed by atoms with Gasteiger partial charge >= 0.3 is 5.97 Å². The molecule has 0 aromatic heterocycles. The van der Waals surface area contributed by atoms with Gasteiger partial charge in [0.15, 0.2) is 0 Å². The molecule has 1 N–H and O–H groups in total. The van der Waals surface area contributed by atoms with Crippen molar-refractivity contribution < 1.29 is 18.7 Å². The molecule has 1 aromatic rings. The minimum absolute atomic E-state index is 0.00654. The smallest absolute Gasteiger partial charge is 0.304 e. The Morgan fingerprint density at radius 1 is 1.50 bits per heavy atom. The van der Waals surface area contributed by atoms with Gasteiger partial charge in [-0.2, -0.15) is 11.8 Å². The predicted molar refractivity (Wildman–Crippen MR) is 74.8 cm³/mol. The second kappa shape index (κ2) is 6.54. The van der Waals surface area contributed by atoms with Crippen LogP contribution in [0.5, 0.6) is 0 Å². The highest BCUT2D eigenvalue weighted by Gasteiger charge is 2.31. The van der Waals surface area contributed by atoms with Gasteiger partial charge in [-0.25, -0.2) is 8.78 Å². The molecule has 2 rings (SSSR count). The number of carboxylic acids is 1. The molecule has 0 saturated carbocycles. The first-order valence-electron chi connectivity index (χ1n) is 6.50. The molecule has 110 valence electrons. The standard InChI is InChI=1S/C14H17F2NO2S/c1-9(14-11(15)3-2-4-12(14)16)17-5-6-20-8-10(17)7-13(18)19/h2-4,9-10H,5-8H2,1H3,(H,18,19). The van der Waals surface area contributed by atoms with E-state index in [1.807, 2.05) is 4.90 Å². The number of carboxylic acid groups (broad SMARTS) is 1. The number of nitrogens with zero attached hydrogens (tertiary/aromatic N) is 1. The summed E-state index contributed by atoms with van der Waals surface area (Å²) in [6, 6.07) is 3.14. The lowest BCUT2D eigenvalue weighted by Crippen LogP contribution is -2.45. The highest BCUT2D eigenvalue weighted by Crippen LogP contribution is 2.31. The molecule has 1 aromatic carbocycles. The zero-order valence-electron chi connectivity index (χ0n) is 11.2. The van der Waals surface area contributed by atoms with Crippen LogP contribution in [-0.2, 0) is 4.79 Å². The highest BCUT2D eigenvalue weighted by atomic mass is 32.2. The number of benzene rings is 1. The summed E-state index contributed by atoms with van der Waals surface area (Å²) in [5.74, 6) is -0.526. The topological polar surface area (TPSA) is 40.5 Å². The van der Waals surface area contributed by atoms with Gasteiger partial charge in [0.2, 0.25) is 0 Å². The monoisotopic (exact) mass is 301 g/mol. The molecule has 1 saturated heterocycles. The van der Waals surface area contributed by atoms with E-state index in [-0.39, 0.29) is 18.0 Å². The number of thioether (sulfide) groups is 1.